The molecule has 0 spiro atoms. The number of halogens is 2. The molecule has 25 heavy (non-hydrogen) atoms. The zero-order valence-electron chi connectivity index (χ0n) is 13.6. The van der Waals surface area contributed by atoms with Crippen LogP contribution in [0.4, 0.5) is 0 Å². The van der Waals surface area contributed by atoms with E-state index < -0.39 is 0 Å². The van der Waals surface area contributed by atoms with E-state index in [1.165, 1.54) is 6.92 Å². The Bertz CT molecular complexity index is 899. The molecule has 0 bridgehead atoms. The number of ether oxygens (including phenoxy) is 2. The maximum absolute atomic E-state index is 11.4. The Morgan fingerprint density at radius 3 is 2.20 bits per heavy atom. The van der Waals surface area contributed by atoms with Crippen molar-refractivity contribution in [3.63, 3.8) is 0 Å². The van der Waals surface area contributed by atoms with E-state index in [-0.39, 0.29) is 12.4 Å². The van der Waals surface area contributed by atoms with Gasteiger partial charge in [-0.25, -0.2) is 0 Å². The lowest BCUT2D eigenvalue weighted by Crippen LogP contribution is -2.09. The lowest BCUT2D eigenvalue weighted by atomic mass is 10.1. The predicted octanol–water partition coefficient (Wildman–Crippen LogP) is 5.81. The summed E-state index contributed by atoms with van der Waals surface area (Å²) < 4.78 is 11.3. The first-order chi connectivity index (χ1) is 12.0. The largest absolute Gasteiger partial charge is 0.490 e. The molecule has 0 N–H and O–H groups in total. The quantitative estimate of drug-likeness (QED) is 0.403. The lowest BCUT2D eigenvalue weighted by Gasteiger charge is -2.12. The lowest BCUT2D eigenvalue weighted by molar-refractivity contribution is 0.101. The van der Waals surface area contributed by atoms with E-state index in [4.69, 9.17) is 32.7 Å². The highest BCUT2D eigenvalue weighted by Gasteiger charge is 2.12. The van der Waals surface area contributed by atoms with Crippen molar-refractivity contribution in [2.75, 3.05) is 13.2 Å². The monoisotopic (exact) mass is 374 g/mol. The molecule has 0 saturated carbocycles. The van der Waals surface area contributed by atoms with Gasteiger partial charge in [-0.1, -0.05) is 53.5 Å². The molecule has 128 valence electrons. The Kier molecular flexibility index (Phi) is 5.47. The molecule has 3 nitrogen and oxygen atoms in total. The standard InChI is InChI=1S/C20H16Cl2O3/c1-13(23)16-11-18(21)20(19(22)12-16)25-9-8-24-17-7-6-14-4-2-3-5-15(14)10-17/h2-7,10-12H,8-9H2,1H3. The molecule has 0 radical (unpaired) electrons. The molecule has 0 atom stereocenters. The van der Waals surface area contributed by atoms with Crippen LogP contribution >= 0.6 is 23.2 Å². The topological polar surface area (TPSA) is 35.5 Å². The molecule has 3 aromatic rings. The van der Waals surface area contributed by atoms with Gasteiger partial charge in [0.15, 0.2) is 11.5 Å². The Hall–Kier alpha value is -2.23. The minimum absolute atomic E-state index is 0.102. The van der Waals surface area contributed by atoms with Crippen LogP contribution in [0.2, 0.25) is 10.0 Å². The third-order valence-corrected chi connectivity index (χ3v) is 4.29. The van der Waals surface area contributed by atoms with Gasteiger partial charge in [0, 0.05) is 5.56 Å². The molecule has 5 heteroatoms. The summed E-state index contributed by atoms with van der Waals surface area (Å²) in [5.41, 5.74) is 0.453. The summed E-state index contributed by atoms with van der Waals surface area (Å²) in [7, 11) is 0. The summed E-state index contributed by atoms with van der Waals surface area (Å²) in [4.78, 5) is 11.4. The van der Waals surface area contributed by atoms with Gasteiger partial charge in [0.2, 0.25) is 0 Å². The zero-order chi connectivity index (χ0) is 17.8. The van der Waals surface area contributed by atoms with Crippen LogP contribution in [0.5, 0.6) is 11.5 Å². The van der Waals surface area contributed by atoms with Crippen molar-refractivity contribution in [2.45, 2.75) is 6.92 Å². The Morgan fingerprint density at radius 1 is 0.880 bits per heavy atom. The van der Waals surface area contributed by atoms with Gasteiger partial charge in [-0.2, -0.15) is 0 Å². The van der Waals surface area contributed by atoms with Gasteiger partial charge in [0.05, 0.1) is 10.0 Å². The molecule has 0 aromatic heterocycles. The highest BCUT2D eigenvalue weighted by molar-refractivity contribution is 6.37. The van der Waals surface area contributed by atoms with Crippen LogP contribution in [0.1, 0.15) is 17.3 Å². The fourth-order valence-electron chi connectivity index (χ4n) is 2.46. The van der Waals surface area contributed by atoms with Gasteiger partial charge in [0.25, 0.3) is 0 Å². The van der Waals surface area contributed by atoms with Crippen LogP contribution in [0.3, 0.4) is 0 Å². The van der Waals surface area contributed by atoms with Gasteiger partial charge >= 0.3 is 0 Å². The fourth-order valence-corrected chi connectivity index (χ4v) is 3.06. The van der Waals surface area contributed by atoms with Crippen molar-refractivity contribution in [1.29, 1.82) is 0 Å². The van der Waals surface area contributed by atoms with Crippen LogP contribution in [-0.4, -0.2) is 19.0 Å². The number of ketones is 1. The van der Waals surface area contributed by atoms with Crippen molar-refractivity contribution in [3.8, 4) is 11.5 Å². The Balaban J connectivity index is 1.60. The second-order valence-corrected chi connectivity index (χ2v) is 6.35. The van der Waals surface area contributed by atoms with E-state index >= 15 is 0 Å². The molecule has 0 unspecified atom stereocenters. The number of rotatable bonds is 6. The number of carbonyl (C=O) groups excluding carboxylic acids is 1. The first-order valence-corrected chi connectivity index (χ1v) is 8.54. The first-order valence-electron chi connectivity index (χ1n) is 7.79. The number of hydrogen-bond acceptors (Lipinski definition) is 3. The Labute approximate surface area is 156 Å². The van der Waals surface area contributed by atoms with Gasteiger partial charge in [-0.15, -0.1) is 0 Å². The molecule has 0 heterocycles. The second kappa shape index (κ2) is 7.77. The number of carbonyl (C=O) groups is 1. The van der Waals surface area contributed by atoms with Crippen LogP contribution in [-0.2, 0) is 0 Å². The highest BCUT2D eigenvalue weighted by atomic mass is 35.5. The SMILES string of the molecule is CC(=O)c1cc(Cl)c(OCCOc2ccc3ccccc3c2)c(Cl)c1. The molecule has 0 aliphatic heterocycles. The average Bonchev–Trinajstić information content (AvgIpc) is 2.60. The Morgan fingerprint density at radius 2 is 1.52 bits per heavy atom. The molecular weight excluding hydrogens is 359 g/mol. The van der Waals surface area contributed by atoms with Crippen LogP contribution in [0.25, 0.3) is 10.8 Å². The van der Waals surface area contributed by atoms with E-state index in [0.29, 0.717) is 28.0 Å². The predicted molar refractivity (Wildman–Crippen MR) is 101 cm³/mol. The van der Waals surface area contributed by atoms with Crippen LogP contribution in [0.15, 0.2) is 54.6 Å². The fraction of sp³-hybridized carbons (Fsp3) is 0.150. The number of hydrogen-bond donors (Lipinski definition) is 0. The minimum Gasteiger partial charge on any atom is -0.490 e. The molecular formula is C20H16Cl2O3. The van der Waals surface area contributed by atoms with E-state index in [1.807, 2.05) is 36.4 Å². The third kappa shape index (κ3) is 4.25. The molecule has 0 amide bonds. The summed E-state index contributed by atoms with van der Waals surface area (Å²) in [6.07, 6.45) is 0. The van der Waals surface area contributed by atoms with Crippen molar-refractivity contribution < 1.29 is 14.3 Å². The maximum atomic E-state index is 11.4. The first kappa shape index (κ1) is 17.6. The van der Waals surface area contributed by atoms with E-state index in [1.54, 1.807) is 12.1 Å². The van der Waals surface area contributed by atoms with Crippen LogP contribution < -0.4 is 9.47 Å². The van der Waals surface area contributed by atoms with Crippen molar-refractivity contribution in [2.24, 2.45) is 0 Å². The average molecular weight is 375 g/mol. The van der Waals surface area contributed by atoms with E-state index in [0.717, 1.165) is 16.5 Å². The van der Waals surface area contributed by atoms with Gasteiger partial charge in [0.1, 0.15) is 19.0 Å². The molecule has 3 aromatic carbocycles. The van der Waals surface area contributed by atoms with Crippen molar-refractivity contribution >= 4 is 39.8 Å². The third-order valence-electron chi connectivity index (χ3n) is 3.72. The van der Waals surface area contributed by atoms with Crippen molar-refractivity contribution in [1.82, 2.24) is 0 Å². The second-order valence-electron chi connectivity index (χ2n) is 5.53. The molecule has 0 saturated heterocycles. The number of benzene rings is 3. The van der Waals surface area contributed by atoms with Gasteiger partial charge < -0.3 is 9.47 Å². The minimum atomic E-state index is -0.102. The molecule has 0 aliphatic rings. The molecule has 0 fully saturated rings. The normalized spacial score (nSPS) is 10.7. The molecule has 3 rings (SSSR count). The summed E-state index contributed by atoms with van der Waals surface area (Å²) >= 11 is 12.3. The summed E-state index contributed by atoms with van der Waals surface area (Å²) in [5.74, 6) is 1.02. The van der Waals surface area contributed by atoms with Crippen molar-refractivity contribution in [3.05, 3.63) is 70.2 Å². The van der Waals surface area contributed by atoms with Gasteiger partial charge in [-0.05, 0) is 42.0 Å². The zero-order valence-corrected chi connectivity index (χ0v) is 15.1. The summed E-state index contributed by atoms with van der Waals surface area (Å²) in [6, 6.07) is 17.1. The number of fused-ring (bicyclic) bond motifs is 1. The summed E-state index contributed by atoms with van der Waals surface area (Å²) in [6.45, 7) is 2.09. The van der Waals surface area contributed by atoms with Gasteiger partial charge in [-0.3, -0.25) is 4.79 Å². The van der Waals surface area contributed by atoms with E-state index in [2.05, 4.69) is 6.07 Å². The van der Waals surface area contributed by atoms with E-state index in [9.17, 15) is 4.79 Å². The number of Topliss-reactive ketones (excluding diaryl/α,β-unsaturated/α-hetero) is 1. The smallest absolute Gasteiger partial charge is 0.159 e. The van der Waals surface area contributed by atoms with Crippen LogP contribution in [0, 0.1) is 0 Å². The maximum Gasteiger partial charge on any atom is 0.159 e. The molecule has 0 aliphatic carbocycles. The summed E-state index contributed by atoms with van der Waals surface area (Å²) in [5, 5.41) is 2.90. The highest BCUT2D eigenvalue weighted by Crippen LogP contribution is 2.34.